The molecular weight excluding hydrogens is 302 g/mol. The highest BCUT2D eigenvalue weighted by Gasteiger charge is 2.33. The lowest BCUT2D eigenvalue weighted by molar-refractivity contribution is -0.140. The molecule has 0 aromatic heterocycles. The number of carbonyl (C=O) groups is 1. The van der Waals surface area contributed by atoms with Crippen LogP contribution in [0.1, 0.15) is 46.5 Å². The maximum absolute atomic E-state index is 12.6. The van der Waals surface area contributed by atoms with Gasteiger partial charge in [-0.25, -0.2) is 0 Å². The first-order chi connectivity index (χ1) is 10.5. The molecule has 1 aromatic rings. The Morgan fingerprint density at radius 2 is 2.05 bits per heavy atom. The molecule has 1 rings (SSSR count). The van der Waals surface area contributed by atoms with Gasteiger partial charge in [0.15, 0.2) is 0 Å². The van der Waals surface area contributed by atoms with E-state index in [-0.39, 0.29) is 5.91 Å². The third-order valence-corrected chi connectivity index (χ3v) is 3.82. The van der Waals surface area contributed by atoms with Crippen molar-refractivity contribution in [3.63, 3.8) is 0 Å². The highest BCUT2D eigenvalue weighted by atomic mass is 35.5. The van der Waals surface area contributed by atoms with Gasteiger partial charge in [-0.1, -0.05) is 38.3 Å². The van der Waals surface area contributed by atoms with Gasteiger partial charge in [-0.15, -0.1) is 0 Å². The van der Waals surface area contributed by atoms with Crippen LogP contribution in [0.5, 0.6) is 5.75 Å². The molecule has 0 radical (unpaired) electrons. The summed E-state index contributed by atoms with van der Waals surface area (Å²) >= 11 is 6.09. The van der Waals surface area contributed by atoms with Gasteiger partial charge in [0, 0.05) is 12.3 Å². The van der Waals surface area contributed by atoms with Gasteiger partial charge >= 0.3 is 0 Å². The number of anilines is 1. The van der Waals surface area contributed by atoms with E-state index in [0.29, 0.717) is 29.5 Å². The SMILES string of the molecule is CCCC[C@@](C)(OCCC)C(=O)Nc1ccc(OC)c(Cl)c1. The molecular formula is C17H26ClNO3. The Hall–Kier alpha value is -1.26. The Labute approximate surface area is 138 Å². The molecule has 0 heterocycles. The quantitative estimate of drug-likeness (QED) is 0.717. The molecule has 22 heavy (non-hydrogen) atoms. The molecule has 1 atom stereocenters. The lowest BCUT2D eigenvalue weighted by Crippen LogP contribution is -2.43. The summed E-state index contributed by atoms with van der Waals surface area (Å²) in [7, 11) is 1.56. The molecule has 4 nitrogen and oxygen atoms in total. The molecule has 1 amide bonds. The highest BCUT2D eigenvalue weighted by molar-refractivity contribution is 6.32. The van der Waals surface area contributed by atoms with E-state index >= 15 is 0 Å². The van der Waals surface area contributed by atoms with Gasteiger partial charge in [0.1, 0.15) is 11.4 Å². The van der Waals surface area contributed by atoms with Crippen molar-refractivity contribution in [2.45, 2.75) is 52.1 Å². The van der Waals surface area contributed by atoms with Crippen molar-refractivity contribution in [1.82, 2.24) is 0 Å². The van der Waals surface area contributed by atoms with Gasteiger partial charge in [-0.2, -0.15) is 0 Å². The maximum atomic E-state index is 12.6. The number of ether oxygens (including phenoxy) is 2. The van der Waals surface area contributed by atoms with Crippen LogP contribution >= 0.6 is 11.6 Å². The Morgan fingerprint density at radius 1 is 1.32 bits per heavy atom. The van der Waals surface area contributed by atoms with Crippen LogP contribution in [0.2, 0.25) is 5.02 Å². The molecule has 0 saturated heterocycles. The molecule has 0 spiro atoms. The van der Waals surface area contributed by atoms with Crippen LogP contribution in [0.4, 0.5) is 5.69 Å². The van der Waals surface area contributed by atoms with Gasteiger partial charge in [-0.05, 0) is 38.0 Å². The number of rotatable bonds is 9. The van der Waals surface area contributed by atoms with Gasteiger partial charge < -0.3 is 14.8 Å². The minimum absolute atomic E-state index is 0.143. The zero-order valence-electron chi connectivity index (χ0n) is 13.9. The Balaban J connectivity index is 2.83. The number of nitrogens with one attached hydrogen (secondary N) is 1. The van der Waals surface area contributed by atoms with Gasteiger partial charge in [0.25, 0.3) is 5.91 Å². The standard InChI is InChI=1S/C17H26ClNO3/c1-5-7-10-17(3,22-11-6-2)16(20)19-13-8-9-15(21-4)14(18)12-13/h8-9,12H,5-7,10-11H2,1-4H3,(H,19,20)/t17-/m1/s1. The van der Waals surface area contributed by atoms with Crippen LogP contribution in [-0.2, 0) is 9.53 Å². The summed E-state index contributed by atoms with van der Waals surface area (Å²) in [6.45, 7) is 6.54. The number of methoxy groups -OCH3 is 1. The summed E-state index contributed by atoms with van der Waals surface area (Å²) in [5.41, 5.74) is -0.183. The molecule has 0 unspecified atom stereocenters. The molecule has 1 N–H and O–H groups in total. The van der Waals surface area contributed by atoms with E-state index in [0.717, 1.165) is 19.3 Å². The number of carbonyl (C=O) groups excluding carboxylic acids is 1. The second-order valence-electron chi connectivity index (χ2n) is 5.49. The Kier molecular flexibility index (Phi) is 7.69. The van der Waals surface area contributed by atoms with Crippen molar-refractivity contribution in [3.8, 4) is 5.75 Å². The molecule has 0 fully saturated rings. The van der Waals surface area contributed by atoms with Gasteiger partial charge in [-0.3, -0.25) is 4.79 Å². The van der Waals surface area contributed by atoms with Crippen molar-refractivity contribution in [2.75, 3.05) is 19.0 Å². The number of benzene rings is 1. The zero-order valence-corrected chi connectivity index (χ0v) is 14.6. The van der Waals surface area contributed by atoms with Gasteiger partial charge in [0.2, 0.25) is 0 Å². The first kappa shape index (κ1) is 18.8. The molecule has 0 bridgehead atoms. The predicted molar refractivity (Wildman–Crippen MR) is 90.8 cm³/mol. The molecule has 0 aliphatic heterocycles. The fourth-order valence-corrected chi connectivity index (χ4v) is 2.36. The number of halogens is 1. The fraction of sp³-hybridized carbons (Fsp3) is 0.588. The largest absolute Gasteiger partial charge is 0.495 e. The van der Waals surface area contributed by atoms with Crippen LogP contribution in [-0.4, -0.2) is 25.2 Å². The minimum Gasteiger partial charge on any atom is -0.495 e. The van der Waals surface area contributed by atoms with Gasteiger partial charge in [0.05, 0.1) is 12.1 Å². The van der Waals surface area contributed by atoms with Crippen molar-refractivity contribution in [1.29, 1.82) is 0 Å². The molecule has 124 valence electrons. The lowest BCUT2D eigenvalue weighted by atomic mass is 9.97. The van der Waals surface area contributed by atoms with E-state index in [1.54, 1.807) is 25.3 Å². The van der Waals surface area contributed by atoms with Crippen molar-refractivity contribution in [3.05, 3.63) is 23.2 Å². The molecule has 1 aromatic carbocycles. The number of hydrogen-bond donors (Lipinski definition) is 1. The molecule has 0 aliphatic carbocycles. The average molecular weight is 328 g/mol. The van der Waals surface area contributed by atoms with E-state index in [4.69, 9.17) is 21.1 Å². The lowest BCUT2D eigenvalue weighted by Gasteiger charge is -2.28. The summed E-state index contributed by atoms with van der Waals surface area (Å²) < 4.78 is 10.9. The van der Waals surface area contributed by atoms with Crippen molar-refractivity contribution >= 4 is 23.2 Å². The fourth-order valence-electron chi connectivity index (χ4n) is 2.10. The highest BCUT2D eigenvalue weighted by Crippen LogP contribution is 2.28. The zero-order chi connectivity index (χ0) is 16.6. The van der Waals surface area contributed by atoms with Crippen LogP contribution in [0, 0.1) is 0 Å². The van der Waals surface area contributed by atoms with E-state index in [1.165, 1.54) is 0 Å². The summed E-state index contributed by atoms with van der Waals surface area (Å²) in [6, 6.07) is 5.18. The topological polar surface area (TPSA) is 47.6 Å². The van der Waals surface area contributed by atoms with E-state index in [2.05, 4.69) is 12.2 Å². The second kappa shape index (κ2) is 9.01. The minimum atomic E-state index is -0.821. The second-order valence-corrected chi connectivity index (χ2v) is 5.89. The number of unbranched alkanes of at least 4 members (excludes halogenated alkanes) is 1. The van der Waals surface area contributed by atoms with Crippen LogP contribution in [0.25, 0.3) is 0 Å². The predicted octanol–water partition coefficient (Wildman–Crippen LogP) is 4.66. The van der Waals surface area contributed by atoms with E-state index < -0.39 is 5.60 Å². The van der Waals surface area contributed by atoms with E-state index in [1.807, 2.05) is 13.8 Å². The van der Waals surface area contributed by atoms with Crippen molar-refractivity contribution in [2.24, 2.45) is 0 Å². The third kappa shape index (κ3) is 5.18. The normalized spacial score (nSPS) is 13.5. The molecule has 5 heteroatoms. The van der Waals surface area contributed by atoms with Crippen molar-refractivity contribution < 1.29 is 14.3 Å². The Morgan fingerprint density at radius 3 is 2.59 bits per heavy atom. The average Bonchev–Trinajstić information content (AvgIpc) is 2.51. The number of hydrogen-bond acceptors (Lipinski definition) is 3. The summed E-state index contributed by atoms with van der Waals surface area (Å²) in [5.74, 6) is 0.436. The maximum Gasteiger partial charge on any atom is 0.256 e. The van der Waals surface area contributed by atoms with Crippen LogP contribution in [0.3, 0.4) is 0 Å². The monoisotopic (exact) mass is 327 g/mol. The molecule has 0 aliphatic rings. The Bertz CT molecular complexity index is 483. The summed E-state index contributed by atoms with van der Waals surface area (Å²) in [4.78, 5) is 12.6. The third-order valence-electron chi connectivity index (χ3n) is 3.52. The van der Waals surface area contributed by atoms with Crippen LogP contribution < -0.4 is 10.1 Å². The number of amides is 1. The first-order valence-corrected chi connectivity index (χ1v) is 8.13. The summed E-state index contributed by atoms with van der Waals surface area (Å²) in [5, 5.41) is 3.35. The van der Waals surface area contributed by atoms with E-state index in [9.17, 15) is 4.79 Å². The first-order valence-electron chi connectivity index (χ1n) is 7.75. The summed E-state index contributed by atoms with van der Waals surface area (Å²) in [6.07, 6.45) is 3.53. The molecule has 0 saturated carbocycles. The smallest absolute Gasteiger partial charge is 0.256 e. The van der Waals surface area contributed by atoms with Crippen LogP contribution in [0.15, 0.2) is 18.2 Å².